The summed E-state index contributed by atoms with van der Waals surface area (Å²) >= 11 is 12.9. The first-order chi connectivity index (χ1) is 16.0. The summed E-state index contributed by atoms with van der Waals surface area (Å²) in [6.07, 6.45) is 2.77. The number of ether oxygens (including phenoxy) is 3. The van der Waals surface area contributed by atoms with Crippen LogP contribution in [0.15, 0.2) is 33.6 Å². The predicted molar refractivity (Wildman–Crippen MR) is 125 cm³/mol. The number of halogens is 2. The third-order valence-corrected chi connectivity index (χ3v) is 6.16. The van der Waals surface area contributed by atoms with E-state index in [0.717, 1.165) is 0 Å². The number of amides is 1. The van der Waals surface area contributed by atoms with Crippen molar-refractivity contribution in [1.82, 2.24) is 10.3 Å². The Morgan fingerprint density at radius 1 is 1.12 bits per heavy atom. The van der Waals surface area contributed by atoms with E-state index in [1.54, 1.807) is 12.1 Å². The second-order valence-electron chi connectivity index (χ2n) is 7.33. The smallest absolute Gasteiger partial charge is 0.207 e. The van der Waals surface area contributed by atoms with Crippen LogP contribution in [-0.2, 0) is 9.53 Å². The van der Waals surface area contributed by atoms with Crippen LogP contribution in [0.5, 0.6) is 11.5 Å². The quantitative estimate of drug-likeness (QED) is 0.481. The van der Waals surface area contributed by atoms with E-state index in [1.165, 1.54) is 26.5 Å². The van der Waals surface area contributed by atoms with E-state index >= 15 is 0 Å². The first-order valence-corrected chi connectivity index (χ1v) is 10.8. The molecule has 1 aliphatic heterocycles. The Morgan fingerprint density at radius 2 is 1.85 bits per heavy atom. The molecule has 9 nitrogen and oxygen atoms in total. The maximum Gasteiger partial charge on any atom is 0.207 e. The van der Waals surface area contributed by atoms with E-state index in [4.69, 9.17) is 41.8 Å². The first-order valence-electron chi connectivity index (χ1n) is 10.0. The Bertz CT molecular complexity index is 1220. The lowest BCUT2D eigenvalue weighted by Gasteiger charge is -2.32. The fraction of sp³-hybridized carbons (Fsp3) is 0.318. The number of pyridine rings is 1. The minimum Gasteiger partial charge on any atom is -0.495 e. The fourth-order valence-electron chi connectivity index (χ4n) is 3.72. The molecule has 3 aromatic rings. The van der Waals surface area contributed by atoms with E-state index in [1.807, 2.05) is 0 Å². The number of anilines is 1. The number of methoxy groups -OCH3 is 2. The molecule has 174 valence electrons. The van der Waals surface area contributed by atoms with Crippen LogP contribution >= 0.6 is 23.2 Å². The number of fused-ring (bicyclic) bond motifs is 1. The highest BCUT2D eigenvalue weighted by Gasteiger charge is 2.26. The predicted octanol–water partition coefficient (Wildman–Crippen LogP) is 3.49. The van der Waals surface area contributed by atoms with E-state index in [2.05, 4.69) is 15.6 Å². The normalized spacial score (nSPS) is 18.1. The summed E-state index contributed by atoms with van der Waals surface area (Å²) in [6, 6.07) is 4.14. The largest absolute Gasteiger partial charge is 0.495 e. The number of aromatic nitrogens is 1. The Morgan fingerprint density at radius 3 is 2.52 bits per heavy atom. The Balaban J connectivity index is 1.73. The molecule has 1 aromatic carbocycles. The van der Waals surface area contributed by atoms with Gasteiger partial charge in [-0.05, 0) is 12.5 Å². The Hall–Kier alpha value is -3.01. The minimum atomic E-state index is -0.312. The van der Waals surface area contributed by atoms with Gasteiger partial charge in [-0.3, -0.25) is 9.59 Å². The number of carbonyl (C=O) groups excluding carboxylic acids is 1. The van der Waals surface area contributed by atoms with Crippen LogP contribution in [0, 0.1) is 0 Å². The number of nitrogens with zero attached hydrogens (tertiary/aromatic N) is 1. The highest BCUT2D eigenvalue weighted by Crippen LogP contribution is 2.46. The average Bonchev–Trinajstić information content (AvgIpc) is 2.81. The lowest BCUT2D eigenvalue weighted by atomic mass is 10.0. The van der Waals surface area contributed by atoms with Crippen molar-refractivity contribution in [2.45, 2.75) is 18.5 Å². The molecule has 1 saturated heterocycles. The lowest BCUT2D eigenvalue weighted by Crippen LogP contribution is -2.50. The second kappa shape index (κ2) is 9.86. The van der Waals surface area contributed by atoms with Gasteiger partial charge < -0.3 is 29.3 Å². The van der Waals surface area contributed by atoms with Crippen molar-refractivity contribution < 1.29 is 23.4 Å². The van der Waals surface area contributed by atoms with Crippen molar-refractivity contribution in [2.75, 3.05) is 32.8 Å². The van der Waals surface area contributed by atoms with Crippen molar-refractivity contribution in [1.29, 1.82) is 0 Å². The van der Waals surface area contributed by atoms with Gasteiger partial charge in [0.15, 0.2) is 11.0 Å². The standard InChI is InChI=1S/C22H21Cl2N3O6/c1-30-16-7-17(31-2)22(24)20(21(16)23)15-6-14(29)11-5-19(25-8-18(11)33-15)27-13-9-32-4-3-12(13)26-10-28/h5-8,10,12-13H,3-4,9H2,1-2H3,(H,25,27)(H,26,28). The number of rotatable bonds is 7. The summed E-state index contributed by atoms with van der Waals surface area (Å²) in [4.78, 5) is 28.2. The van der Waals surface area contributed by atoms with E-state index in [9.17, 15) is 9.59 Å². The van der Waals surface area contributed by atoms with E-state index in [0.29, 0.717) is 48.7 Å². The highest BCUT2D eigenvalue weighted by molar-refractivity contribution is 6.41. The molecular weight excluding hydrogens is 473 g/mol. The van der Waals surface area contributed by atoms with Gasteiger partial charge in [-0.25, -0.2) is 4.98 Å². The van der Waals surface area contributed by atoms with E-state index < -0.39 is 0 Å². The van der Waals surface area contributed by atoms with Gasteiger partial charge >= 0.3 is 0 Å². The number of nitrogens with one attached hydrogen (secondary N) is 2. The second-order valence-corrected chi connectivity index (χ2v) is 8.09. The van der Waals surface area contributed by atoms with Gasteiger partial charge in [-0.2, -0.15) is 0 Å². The molecule has 0 saturated carbocycles. The summed E-state index contributed by atoms with van der Waals surface area (Å²) in [7, 11) is 2.92. The molecule has 0 aliphatic carbocycles. The molecule has 0 spiro atoms. The van der Waals surface area contributed by atoms with Crippen LogP contribution in [-0.4, -0.2) is 50.9 Å². The van der Waals surface area contributed by atoms with Crippen LogP contribution in [0.25, 0.3) is 22.3 Å². The number of hydrogen-bond acceptors (Lipinski definition) is 8. The van der Waals surface area contributed by atoms with E-state index in [-0.39, 0.29) is 44.5 Å². The van der Waals surface area contributed by atoms with Crippen LogP contribution in [0.2, 0.25) is 10.0 Å². The molecule has 1 amide bonds. The molecule has 0 radical (unpaired) electrons. The molecule has 0 bridgehead atoms. The molecule has 4 rings (SSSR count). The number of carbonyl (C=O) groups is 1. The zero-order chi connectivity index (χ0) is 23.5. The van der Waals surface area contributed by atoms with Crippen molar-refractivity contribution in [2.24, 2.45) is 0 Å². The van der Waals surface area contributed by atoms with Crippen molar-refractivity contribution in [3.8, 4) is 22.8 Å². The maximum absolute atomic E-state index is 13.0. The molecule has 2 aromatic heterocycles. The molecule has 33 heavy (non-hydrogen) atoms. The van der Waals surface area contributed by atoms with Crippen LogP contribution in [0.3, 0.4) is 0 Å². The molecule has 2 atom stereocenters. The van der Waals surface area contributed by atoms with Crippen molar-refractivity contribution in [3.05, 3.63) is 44.7 Å². The summed E-state index contributed by atoms with van der Waals surface area (Å²) in [5.74, 6) is 1.25. The monoisotopic (exact) mass is 493 g/mol. The summed E-state index contributed by atoms with van der Waals surface area (Å²) in [5, 5.41) is 6.68. The van der Waals surface area contributed by atoms with Gasteiger partial charge in [0, 0.05) is 18.7 Å². The molecule has 1 fully saturated rings. The number of hydrogen-bond donors (Lipinski definition) is 2. The third-order valence-electron chi connectivity index (χ3n) is 5.41. The van der Waals surface area contributed by atoms with Crippen molar-refractivity contribution in [3.63, 3.8) is 0 Å². The van der Waals surface area contributed by atoms with Crippen LogP contribution < -0.4 is 25.5 Å². The number of benzene rings is 1. The Labute approximate surface area is 198 Å². The van der Waals surface area contributed by atoms with Crippen molar-refractivity contribution >= 4 is 46.4 Å². The molecule has 3 heterocycles. The maximum atomic E-state index is 13.0. The summed E-state index contributed by atoms with van der Waals surface area (Å²) in [6.45, 7) is 0.953. The highest BCUT2D eigenvalue weighted by atomic mass is 35.5. The first kappa shape index (κ1) is 23.2. The Kier molecular flexibility index (Phi) is 6.92. The van der Waals surface area contributed by atoms with Crippen LogP contribution in [0.4, 0.5) is 5.82 Å². The van der Waals surface area contributed by atoms with Gasteiger partial charge in [-0.15, -0.1) is 0 Å². The van der Waals surface area contributed by atoms with Gasteiger partial charge in [-0.1, -0.05) is 23.2 Å². The summed E-state index contributed by atoms with van der Waals surface area (Å²) < 4.78 is 22.0. The topological polar surface area (TPSA) is 112 Å². The zero-order valence-electron chi connectivity index (χ0n) is 17.8. The van der Waals surface area contributed by atoms with Gasteiger partial charge in [0.25, 0.3) is 0 Å². The SMILES string of the molecule is COc1cc(OC)c(Cl)c(-c2cc(=O)c3cc(NC4COCCC4NC=O)ncc3o2)c1Cl. The minimum absolute atomic E-state index is 0.111. The third kappa shape index (κ3) is 4.57. The molecule has 2 unspecified atom stereocenters. The van der Waals surface area contributed by atoms with Crippen LogP contribution in [0.1, 0.15) is 6.42 Å². The van der Waals surface area contributed by atoms with Gasteiger partial charge in [0.2, 0.25) is 6.41 Å². The molecule has 2 N–H and O–H groups in total. The zero-order valence-corrected chi connectivity index (χ0v) is 19.3. The van der Waals surface area contributed by atoms with Gasteiger partial charge in [0.1, 0.15) is 23.1 Å². The fourth-order valence-corrected chi connectivity index (χ4v) is 4.41. The molecule has 1 aliphatic rings. The summed E-state index contributed by atoms with van der Waals surface area (Å²) in [5.41, 5.74) is 0.213. The van der Waals surface area contributed by atoms with Gasteiger partial charge in [0.05, 0.1) is 60.1 Å². The molecular formula is C22H21Cl2N3O6. The lowest BCUT2D eigenvalue weighted by molar-refractivity contribution is -0.110. The molecule has 11 heteroatoms. The average molecular weight is 494 g/mol.